The van der Waals surface area contributed by atoms with E-state index in [9.17, 15) is 9.59 Å². The molecule has 0 fully saturated rings. The highest BCUT2D eigenvalue weighted by atomic mass is 79.9. The Kier molecular flexibility index (Phi) is 6.77. The molecule has 0 aromatic heterocycles. The molecule has 2 aromatic rings. The van der Waals surface area contributed by atoms with Gasteiger partial charge in [0.25, 0.3) is 5.91 Å². The molecular weight excluding hydrogens is 384 g/mol. The minimum atomic E-state index is -0.575. The van der Waals surface area contributed by atoms with Crippen molar-refractivity contribution in [3.63, 3.8) is 0 Å². The average molecular weight is 403 g/mol. The quantitative estimate of drug-likeness (QED) is 0.590. The molecule has 2 rings (SSSR count). The summed E-state index contributed by atoms with van der Waals surface area (Å²) >= 11 is 3.39. The van der Waals surface area contributed by atoms with Gasteiger partial charge in [0.1, 0.15) is 0 Å². The highest BCUT2D eigenvalue weighted by Crippen LogP contribution is 2.17. The van der Waals surface area contributed by atoms with E-state index in [1.54, 1.807) is 18.2 Å². The van der Waals surface area contributed by atoms with Crippen LogP contribution >= 0.6 is 15.9 Å². The number of nitrogens with one attached hydrogen (secondary N) is 1. The molecule has 0 heterocycles. The molecule has 0 bridgehead atoms. The molecule has 25 heavy (non-hydrogen) atoms. The van der Waals surface area contributed by atoms with Crippen molar-refractivity contribution in [2.24, 2.45) is 0 Å². The topological polar surface area (TPSA) is 58.6 Å². The third-order valence-corrected chi connectivity index (χ3v) is 4.04. The van der Waals surface area contributed by atoms with E-state index in [4.69, 9.17) is 4.74 Å². The number of benzene rings is 2. The van der Waals surface area contributed by atoms with Gasteiger partial charge in [-0.3, -0.25) is 4.79 Å². The van der Waals surface area contributed by atoms with Crippen LogP contribution in [0.25, 0.3) is 6.08 Å². The number of nitrogens with zero attached hydrogens (tertiary/aromatic N) is 1. The van der Waals surface area contributed by atoms with Crippen LogP contribution in [0, 0.1) is 0 Å². The summed E-state index contributed by atoms with van der Waals surface area (Å²) in [5, 5.41) is 2.68. The first-order valence-corrected chi connectivity index (χ1v) is 8.41. The number of esters is 1. The van der Waals surface area contributed by atoms with Crippen molar-refractivity contribution < 1.29 is 14.3 Å². The average Bonchev–Trinajstić information content (AvgIpc) is 2.59. The number of halogens is 1. The van der Waals surface area contributed by atoms with Gasteiger partial charge in [-0.25, -0.2) is 4.79 Å². The lowest BCUT2D eigenvalue weighted by Crippen LogP contribution is -2.20. The highest BCUT2D eigenvalue weighted by Gasteiger charge is 2.06. The Balaban J connectivity index is 1.81. The number of carbonyl (C=O) groups excluding carboxylic acids is 2. The molecule has 1 N–H and O–H groups in total. The van der Waals surface area contributed by atoms with Crippen LogP contribution in [0.15, 0.2) is 59.1 Å². The largest absolute Gasteiger partial charge is 0.452 e. The zero-order valence-corrected chi connectivity index (χ0v) is 15.6. The third kappa shape index (κ3) is 6.08. The Morgan fingerprint density at radius 3 is 2.44 bits per heavy atom. The fraction of sp³-hybridized carbons (Fsp3) is 0.158. The van der Waals surface area contributed by atoms with Crippen molar-refractivity contribution in [3.05, 3.63) is 64.6 Å². The standard InChI is InChI=1S/C19H19BrN2O3/c1-22(2)16-10-8-15(9-11-16)21-18(23)13-25-19(24)12-7-14-5-3-4-6-17(14)20/h3-12H,13H2,1-2H3,(H,21,23)/b12-7+. The number of carbonyl (C=O) groups is 2. The first kappa shape index (κ1) is 18.7. The molecule has 0 aliphatic heterocycles. The number of hydrogen-bond donors (Lipinski definition) is 1. The second-order valence-electron chi connectivity index (χ2n) is 5.45. The van der Waals surface area contributed by atoms with Crippen LogP contribution in [0.1, 0.15) is 5.56 Å². The summed E-state index contributed by atoms with van der Waals surface area (Å²) in [6.45, 7) is -0.339. The Bertz CT molecular complexity index is 770. The van der Waals surface area contributed by atoms with E-state index in [1.165, 1.54) is 6.08 Å². The summed E-state index contributed by atoms with van der Waals surface area (Å²) in [5.74, 6) is -0.964. The summed E-state index contributed by atoms with van der Waals surface area (Å²) < 4.78 is 5.81. The molecule has 2 aromatic carbocycles. The molecule has 0 saturated carbocycles. The van der Waals surface area contributed by atoms with Gasteiger partial charge in [-0.15, -0.1) is 0 Å². The van der Waals surface area contributed by atoms with Crippen LogP contribution in [-0.4, -0.2) is 32.6 Å². The van der Waals surface area contributed by atoms with E-state index in [1.807, 2.05) is 55.4 Å². The smallest absolute Gasteiger partial charge is 0.331 e. The van der Waals surface area contributed by atoms with E-state index in [2.05, 4.69) is 21.2 Å². The van der Waals surface area contributed by atoms with E-state index in [0.717, 1.165) is 15.7 Å². The first-order chi connectivity index (χ1) is 12.0. The van der Waals surface area contributed by atoms with Crippen molar-refractivity contribution in [1.82, 2.24) is 0 Å². The molecule has 0 spiro atoms. The summed E-state index contributed by atoms with van der Waals surface area (Å²) in [4.78, 5) is 25.5. The molecule has 0 saturated heterocycles. The second-order valence-corrected chi connectivity index (χ2v) is 6.31. The summed E-state index contributed by atoms with van der Waals surface area (Å²) in [5.41, 5.74) is 2.53. The molecule has 0 aliphatic rings. The van der Waals surface area contributed by atoms with Crippen LogP contribution < -0.4 is 10.2 Å². The summed E-state index contributed by atoms with van der Waals surface area (Å²) in [6, 6.07) is 14.9. The fourth-order valence-corrected chi connectivity index (χ4v) is 2.41. The number of hydrogen-bond acceptors (Lipinski definition) is 4. The van der Waals surface area contributed by atoms with Crippen LogP contribution in [0.3, 0.4) is 0 Å². The number of amides is 1. The minimum Gasteiger partial charge on any atom is -0.452 e. The molecule has 0 unspecified atom stereocenters. The fourth-order valence-electron chi connectivity index (χ4n) is 1.99. The first-order valence-electron chi connectivity index (χ1n) is 7.62. The lowest BCUT2D eigenvalue weighted by molar-refractivity contribution is -0.142. The zero-order valence-electron chi connectivity index (χ0n) is 14.0. The molecule has 1 amide bonds. The molecule has 5 nitrogen and oxygen atoms in total. The minimum absolute atomic E-state index is 0.339. The lowest BCUT2D eigenvalue weighted by atomic mass is 10.2. The number of rotatable bonds is 6. The van der Waals surface area contributed by atoms with Gasteiger partial charge in [0.15, 0.2) is 6.61 Å². The van der Waals surface area contributed by atoms with Crippen LogP contribution in [0.5, 0.6) is 0 Å². The van der Waals surface area contributed by atoms with Crippen LogP contribution in [0.4, 0.5) is 11.4 Å². The molecule has 0 aliphatic carbocycles. The SMILES string of the molecule is CN(C)c1ccc(NC(=O)COC(=O)/C=C/c2ccccc2Br)cc1. The Hall–Kier alpha value is -2.60. The van der Waals surface area contributed by atoms with Crippen molar-refractivity contribution in [1.29, 1.82) is 0 Å². The van der Waals surface area contributed by atoms with E-state index >= 15 is 0 Å². The van der Waals surface area contributed by atoms with Gasteiger partial charge in [0.2, 0.25) is 0 Å². The Morgan fingerprint density at radius 2 is 1.80 bits per heavy atom. The van der Waals surface area contributed by atoms with Crippen molar-refractivity contribution in [3.8, 4) is 0 Å². The Labute approximate surface area is 155 Å². The maximum Gasteiger partial charge on any atom is 0.331 e. The van der Waals surface area contributed by atoms with Gasteiger partial charge in [-0.2, -0.15) is 0 Å². The predicted octanol–water partition coefficient (Wildman–Crippen LogP) is 3.71. The molecule has 0 radical (unpaired) electrons. The van der Waals surface area contributed by atoms with Crippen molar-refractivity contribution >= 4 is 45.3 Å². The molecule has 6 heteroatoms. The zero-order chi connectivity index (χ0) is 18.2. The van der Waals surface area contributed by atoms with Gasteiger partial charge in [-0.05, 0) is 42.0 Å². The number of ether oxygens (including phenoxy) is 1. The van der Waals surface area contributed by atoms with Crippen molar-refractivity contribution in [2.75, 3.05) is 30.9 Å². The maximum atomic E-state index is 11.8. The van der Waals surface area contributed by atoms with Crippen molar-refractivity contribution in [2.45, 2.75) is 0 Å². The normalized spacial score (nSPS) is 10.5. The third-order valence-electron chi connectivity index (χ3n) is 3.32. The molecular formula is C19H19BrN2O3. The number of anilines is 2. The van der Waals surface area contributed by atoms with Gasteiger partial charge in [-0.1, -0.05) is 34.1 Å². The second kappa shape index (κ2) is 9.03. The van der Waals surface area contributed by atoms with Crippen LogP contribution in [-0.2, 0) is 14.3 Å². The van der Waals surface area contributed by atoms with Crippen LogP contribution in [0.2, 0.25) is 0 Å². The van der Waals surface area contributed by atoms with E-state index in [0.29, 0.717) is 5.69 Å². The van der Waals surface area contributed by atoms with Gasteiger partial charge >= 0.3 is 5.97 Å². The monoisotopic (exact) mass is 402 g/mol. The van der Waals surface area contributed by atoms with E-state index in [-0.39, 0.29) is 12.5 Å². The van der Waals surface area contributed by atoms with Gasteiger partial charge < -0.3 is 15.0 Å². The maximum absolute atomic E-state index is 11.8. The molecule has 130 valence electrons. The lowest BCUT2D eigenvalue weighted by Gasteiger charge is -2.13. The Morgan fingerprint density at radius 1 is 1.12 bits per heavy atom. The van der Waals surface area contributed by atoms with E-state index < -0.39 is 5.97 Å². The summed E-state index contributed by atoms with van der Waals surface area (Å²) in [6.07, 6.45) is 2.92. The predicted molar refractivity (Wildman–Crippen MR) is 104 cm³/mol. The highest BCUT2D eigenvalue weighted by molar-refractivity contribution is 9.10. The molecule has 0 atom stereocenters. The van der Waals surface area contributed by atoms with Gasteiger partial charge in [0.05, 0.1) is 0 Å². The summed E-state index contributed by atoms with van der Waals surface area (Å²) in [7, 11) is 3.88. The van der Waals surface area contributed by atoms with Gasteiger partial charge in [0, 0.05) is 36.0 Å².